The minimum Gasteiger partial charge on any atom is -0.378 e. The fraction of sp³-hybridized carbons (Fsp3) is 0.333. The lowest BCUT2D eigenvalue weighted by atomic mass is 10.1. The van der Waals surface area contributed by atoms with Crippen LogP contribution in [0.25, 0.3) is 11.3 Å². The van der Waals surface area contributed by atoms with Crippen LogP contribution < -0.4 is 10.5 Å². The lowest BCUT2D eigenvalue weighted by Gasteiger charge is -2.28. The van der Waals surface area contributed by atoms with Crippen LogP contribution >= 0.6 is 0 Å². The average Bonchev–Trinajstić information content (AvgIpc) is 2.51. The maximum absolute atomic E-state index is 13.0. The van der Waals surface area contributed by atoms with Crippen LogP contribution in [0.1, 0.15) is 0 Å². The summed E-state index contributed by atoms with van der Waals surface area (Å²) in [4.78, 5) is 14.3. The van der Waals surface area contributed by atoms with Crippen molar-refractivity contribution in [1.29, 1.82) is 0 Å². The zero-order valence-corrected chi connectivity index (χ0v) is 11.8. The lowest BCUT2D eigenvalue weighted by molar-refractivity contribution is 0.122. The number of halogens is 1. The van der Waals surface area contributed by atoms with Gasteiger partial charge in [-0.15, -0.1) is 0 Å². The van der Waals surface area contributed by atoms with E-state index in [-0.39, 0.29) is 11.4 Å². The molecule has 3 rings (SSSR count). The molecule has 0 atom stereocenters. The van der Waals surface area contributed by atoms with Gasteiger partial charge in [-0.25, -0.2) is 9.07 Å². The molecule has 2 aromatic rings. The molecule has 5 nitrogen and oxygen atoms in total. The number of hydrogen-bond acceptors (Lipinski definition) is 4. The molecule has 1 aliphatic heterocycles. The molecule has 1 aromatic heterocycles. The maximum Gasteiger partial charge on any atom is 0.290 e. The Morgan fingerprint density at radius 2 is 1.86 bits per heavy atom. The largest absolute Gasteiger partial charge is 0.378 e. The first-order chi connectivity index (χ1) is 10.1. The molecule has 0 aliphatic carbocycles. The quantitative estimate of drug-likeness (QED) is 0.839. The predicted molar refractivity (Wildman–Crippen MR) is 77.9 cm³/mol. The van der Waals surface area contributed by atoms with Crippen molar-refractivity contribution in [3.63, 3.8) is 0 Å². The van der Waals surface area contributed by atoms with E-state index in [2.05, 4.69) is 5.10 Å². The SMILES string of the molecule is Cn1nc(-c2ccc(F)cc2)cc(N2CCOCC2)c1=O. The summed E-state index contributed by atoms with van der Waals surface area (Å²) in [5.41, 5.74) is 1.90. The summed E-state index contributed by atoms with van der Waals surface area (Å²) in [6.07, 6.45) is 0. The van der Waals surface area contributed by atoms with Crippen LogP contribution in [-0.4, -0.2) is 36.1 Å². The van der Waals surface area contributed by atoms with Crippen LogP contribution in [0.5, 0.6) is 0 Å². The van der Waals surface area contributed by atoms with Crippen molar-refractivity contribution in [3.8, 4) is 11.3 Å². The maximum atomic E-state index is 13.0. The van der Waals surface area contributed by atoms with E-state index in [1.807, 2.05) is 4.90 Å². The first-order valence-electron chi connectivity index (χ1n) is 6.82. The summed E-state index contributed by atoms with van der Waals surface area (Å²) in [7, 11) is 1.62. The second-order valence-electron chi connectivity index (χ2n) is 4.95. The Hall–Kier alpha value is -2.21. The minimum atomic E-state index is -0.294. The van der Waals surface area contributed by atoms with Crippen molar-refractivity contribution in [2.24, 2.45) is 7.05 Å². The highest BCUT2D eigenvalue weighted by Crippen LogP contribution is 2.20. The molecule has 0 bridgehead atoms. The highest BCUT2D eigenvalue weighted by atomic mass is 19.1. The number of aromatic nitrogens is 2. The Balaban J connectivity index is 2.04. The van der Waals surface area contributed by atoms with Gasteiger partial charge in [-0.2, -0.15) is 5.10 Å². The number of nitrogens with zero attached hydrogens (tertiary/aromatic N) is 3. The number of aryl methyl sites for hydroxylation is 1. The predicted octanol–water partition coefficient (Wildman–Crippen LogP) is 1.42. The molecule has 0 spiro atoms. The molecular formula is C15H16FN3O2. The third-order valence-corrected chi connectivity index (χ3v) is 3.54. The molecule has 110 valence electrons. The number of hydrogen-bond donors (Lipinski definition) is 0. The van der Waals surface area contributed by atoms with Gasteiger partial charge < -0.3 is 9.64 Å². The third kappa shape index (κ3) is 2.80. The summed E-state index contributed by atoms with van der Waals surface area (Å²) < 4.78 is 19.7. The van der Waals surface area contributed by atoms with Crippen LogP contribution in [0.3, 0.4) is 0 Å². The zero-order valence-electron chi connectivity index (χ0n) is 11.8. The van der Waals surface area contributed by atoms with E-state index in [0.717, 1.165) is 5.56 Å². The molecule has 0 unspecified atom stereocenters. The summed E-state index contributed by atoms with van der Waals surface area (Å²) in [6, 6.07) is 7.85. The first-order valence-corrected chi connectivity index (χ1v) is 6.82. The highest BCUT2D eigenvalue weighted by Gasteiger charge is 2.17. The summed E-state index contributed by atoms with van der Waals surface area (Å²) in [5, 5.41) is 4.25. The summed E-state index contributed by atoms with van der Waals surface area (Å²) in [6.45, 7) is 2.58. The Kier molecular flexibility index (Phi) is 3.70. The van der Waals surface area contributed by atoms with E-state index in [4.69, 9.17) is 4.74 Å². The monoisotopic (exact) mass is 289 g/mol. The van der Waals surface area contributed by atoms with E-state index in [0.29, 0.717) is 37.7 Å². The molecule has 1 aromatic carbocycles. The number of benzene rings is 1. The van der Waals surface area contributed by atoms with Crippen LogP contribution in [0.15, 0.2) is 35.1 Å². The van der Waals surface area contributed by atoms with Crippen molar-refractivity contribution >= 4 is 5.69 Å². The normalized spacial score (nSPS) is 15.2. The molecule has 1 saturated heterocycles. The van der Waals surface area contributed by atoms with Gasteiger partial charge in [-0.05, 0) is 30.3 Å². The van der Waals surface area contributed by atoms with E-state index in [1.54, 1.807) is 25.2 Å². The molecule has 2 heterocycles. The molecule has 6 heteroatoms. The van der Waals surface area contributed by atoms with Crippen LogP contribution in [0.2, 0.25) is 0 Å². The van der Waals surface area contributed by atoms with E-state index in [1.165, 1.54) is 16.8 Å². The molecular weight excluding hydrogens is 273 g/mol. The van der Waals surface area contributed by atoms with Gasteiger partial charge in [-0.1, -0.05) is 0 Å². The van der Waals surface area contributed by atoms with E-state index >= 15 is 0 Å². The first kappa shape index (κ1) is 13.8. The second-order valence-corrected chi connectivity index (χ2v) is 4.95. The third-order valence-electron chi connectivity index (χ3n) is 3.54. The lowest BCUT2D eigenvalue weighted by Crippen LogP contribution is -2.40. The van der Waals surface area contributed by atoms with Gasteiger partial charge in [0.15, 0.2) is 0 Å². The smallest absolute Gasteiger partial charge is 0.290 e. The van der Waals surface area contributed by atoms with Crippen LogP contribution in [-0.2, 0) is 11.8 Å². The highest BCUT2D eigenvalue weighted by molar-refractivity contribution is 5.63. The summed E-state index contributed by atoms with van der Waals surface area (Å²) in [5.74, 6) is -0.294. The van der Waals surface area contributed by atoms with Gasteiger partial charge in [-0.3, -0.25) is 4.79 Å². The zero-order chi connectivity index (χ0) is 14.8. The van der Waals surface area contributed by atoms with Crippen molar-refractivity contribution in [1.82, 2.24) is 9.78 Å². The molecule has 0 N–H and O–H groups in total. The van der Waals surface area contributed by atoms with Crippen LogP contribution in [0, 0.1) is 5.82 Å². The molecule has 0 radical (unpaired) electrons. The molecule has 1 aliphatic rings. The Labute approximate surface area is 121 Å². The molecule has 0 amide bonds. The second kappa shape index (κ2) is 5.65. The fourth-order valence-corrected chi connectivity index (χ4v) is 2.39. The van der Waals surface area contributed by atoms with Gasteiger partial charge in [0.2, 0.25) is 0 Å². The van der Waals surface area contributed by atoms with Gasteiger partial charge in [0, 0.05) is 25.7 Å². The van der Waals surface area contributed by atoms with E-state index < -0.39 is 0 Å². The van der Waals surface area contributed by atoms with Crippen molar-refractivity contribution < 1.29 is 9.13 Å². The number of rotatable bonds is 2. The van der Waals surface area contributed by atoms with Crippen LogP contribution in [0.4, 0.5) is 10.1 Å². The van der Waals surface area contributed by atoms with Gasteiger partial charge >= 0.3 is 0 Å². The topological polar surface area (TPSA) is 47.4 Å². The Morgan fingerprint density at radius 1 is 1.19 bits per heavy atom. The standard InChI is InChI=1S/C15H16FN3O2/c1-18-15(20)14(19-6-8-21-9-7-19)10-13(17-18)11-2-4-12(16)5-3-11/h2-5,10H,6-9H2,1H3. The van der Waals surface area contributed by atoms with Gasteiger partial charge in [0.25, 0.3) is 5.56 Å². The number of anilines is 1. The van der Waals surface area contributed by atoms with Gasteiger partial charge in [0.1, 0.15) is 11.5 Å². The van der Waals surface area contributed by atoms with Crippen molar-refractivity contribution in [3.05, 3.63) is 46.5 Å². The van der Waals surface area contributed by atoms with Crippen molar-refractivity contribution in [2.75, 3.05) is 31.2 Å². The molecule has 21 heavy (non-hydrogen) atoms. The number of morpholine rings is 1. The van der Waals surface area contributed by atoms with E-state index in [9.17, 15) is 9.18 Å². The minimum absolute atomic E-state index is 0.136. The summed E-state index contributed by atoms with van der Waals surface area (Å²) >= 11 is 0. The fourth-order valence-electron chi connectivity index (χ4n) is 2.39. The van der Waals surface area contributed by atoms with Crippen molar-refractivity contribution in [2.45, 2.75) is 0 Å². The molecule has 1 fully saturated rings. The Bertz CT molecular complexity index is 691. The Morgan fingerprint density at radius 3 is 2.52 bits per heavy atom. The average molecular weight is 289 g/mol. The van der Waals surface area contributed by atoms with Gasteiger partial charge in [0.05, 0.1) is 18.9 Å². The number of ether oxygens (including phenoxy) is 1. The molecule has 0 saturated carbocycles.